The van der Waals surface area contributed by atoms with Gasteiger partial charge >= 0.3 is 0 Å². The summed E-state index contributed by atoms with van der Waals surface area (Å²) in [6.45, 7) is 2.55. The lowest BCUT2D eigenvalue weighted by Crippen LogP contribution is -2.33. The predicted octanol–water partition coefficient (Wildman–Crippen LogP) is 9.58. The molecule has 4 aromatic carbocycles. The van der Waals surface area contributed by atoms with E-state index in [0.717, 1.165) is 31.2 Å². The number of nitro groups is 1. The number of hydrogen-bond acceptors (Lipinski definition) is 7. The summed E-state index contributed by atoms with van der Waals surface area (Å²) in [6, 6.07) is 25.9. The minimum absolute atomic E-state index is 0.0351. The van der Waals surface area contributed by atoms with Gasteiger partial charge in [-0.05, 0) is 79.1 Å². The van der Waals surface area contributed by atoms with Gasteiger partial charge in [0, 0.05) is 11.8 Å². The summed E-state index contributed by atoms with van der Waals surface area (Å²) < 4.78 is 38.6. The molecule has 0 spiro atoms. The Hall–Kier alpha value is -4.41. The van der Waals surface area contributed by atoms with Crippen molar-refractivity contribution in [2.45, 2.75) is 87.2 Å². The number of nitro benzene ring substituents is 1. The molecule has 4 rings (SSSR count). The van der Waals surface area contributed by atoms with Gasteiger partial charge in [0.25, 0.3) is 11.6 Å². The molecule has 1 N–H and O–H groups in total. The van der Waals surface area contributed by atoms with Crippen LogP contribution in [0.25, 0.3) is 0 Å². The van der Waals surface area contributed by atoms with Crippen molar-refractivity contribution >= 4 is 38.7 Å². The van der Waals surface area contributed by atoms with E-state index in [2.05, 4.69) is 12.2 Å². The van der Waals surface area contributed by atoms with E-state index < -0.39 is 26.8 Å². The highest BCUT2D eigenvalue weighted by molar-refractivity contribution is 7.91. The van der Waals surface area contributed by atoms with Crippen LogP contribution in [0.2, 0.25) is 5.02 Å². The first-order valence-corrected chi connectivity index (χ1v) is 18.1. The average Bonchev–Trinajstić information content (AvgIpc) is 3.09. The van der Waals surface area contributed by atoms with Gasteiger partial charge in [0.2, 0.25) is 9.84 Å². The minimum Gasteiger partial charge on any atom is -0.489 e. The standard InChI is InChI=1S/C37H41ClN2O7S/c1-2-3-4-5-6-7-8-12-15-36(37(41)39-29-16-25-34(38)35(26-29)40(42)43)47-31-19-23-33(24-20-31)48(44,45)32-21-17-30(18-22-32)46-27-28-13-10-9-11-14-28/h9-11,13-14,16-26,36H,2-8,12,15,27H2,1H3,(H,39,41). The number of sulfone groups is 1. The van der Waals surface area contributed by atoms with Crippen LogP contribution in [0.15, 0.2) is 107 Å². The van der Waals surface area contributed by atoms with Crippen LogP contribution in [0, 0.1) is 10.1 Å². The van der Waals surface area contributed by atoms with Gasteiger partial charge in [0.1, 0.15) is 23.1 Å². The third-order valence-electron chi connectivity index (χ3n) is 7.82. The topological polar surface area (TPSA) is 125 Å². The predicted molar refractivity (Wildman–Crippen MR) is 187 cm³/mol. The number of benzene rings is 4. The third-order valence-corrected chi connectivity index (χ3v) is 9.92. The highest BCUT2D eigenvalue weighted by Crippen LogP contribution is 2.29. The van der Waals surface area contributed by atoms with Gasteiger partial charge in [0.05, 0.1) is 14.7 Å². The lowest BCUT2D eigenvalue weighted by molar-refractivity contribution is -0.384. The molecule has 4 aromatic rings. The van der Waals surface area contributed by atoms with E-state index in [9.17, 15) is 23.3 Å². The Balaban J connectivity index is 1.41. The molecule has 9 nitrogen and oxygen atoms in total. The summed E-state index contributed by atoms with van der Waals surface area (Å²) in [6.07, 6.45) is 8.18. The summed E-state index contributed by atoms with van der Waals surface area (Å²) in [5, 5.41) is 14.0. The Morgan fingerprint density at radius 3 is 2.00 bits per heavy atom. The second kappa shape index (κ2) is 18.2. The number of rotatable bonds is 19. The van der Waals surface area contributed by atoms with Crippen molar-refractivity contribution in [2.24, 2.45) is 0 Å². The molecule has 0 bridgehead atoms. The van der Waals surface area contributed by atoms with Crippen LogP contribution in [-0.4, -0.2) is 25.4 Å². The molecule has 1 unspecified atom stereocenters. The number of carbonyl (C=O) groups excluding carboxylic acids is 1. The number of nitrogens with zero attached hydrogens (tertiary/aromatic N) is 1. The third kappa shape index (κ3) is 10.8. The lowest BCUT2D eigenvalue weighted by atomic mass is 10.1. The number of hydrogen-bond donors (Lipinski definition) is 1. The zero-order valence-corrected chi connectivity index (χ0v) is 28.5. The van der Waals surface area contributed by atoms with Gasteiger partial charge in [-0.2, -0.15) is 0 Å². The molecule has 0 aliphatic heterocycles. The van der Waals surface area contributed by atoms with Crippen LogP contribution in [0.5, 0.6) is 11.5 Å². The molecular weight excluding hydrogens is 652 g/mol. The van der Waals surface area contributed by atoms with Crippen LogP contribution in [0.1, 0.15) is 70.3 Å². The fourth-order valence-corrected chi connectivity index (χ4v) is 6.56. The van der Waals surface area contributed by atoms with Crippen LogP contribution >= 0.6 is 11.6 Å². The van der Waals surface area contributed by atoms with Crippen molar-refractivity contribution in [3.8, 4) is 11.5 Å². The van der Waals surface area contributed by atoms with E-state index in [1.54, 1.807) is 12.1 Å². The van der Waals surface area contributed by atoms with E-state index >= 15 is 0 Å². The molecule has 254 valence electrons. The number of nitrogens with one attached hydrogen (secondary N) is 1. The van der Waals surface area contributed by atoms with Gasteiger partial charge in [-0.3, -0.25) is 14.9 Å². The molecule has 0 aliphatic rings. The number of ether oxygens (including phenoxy) is 2. The minimum atomic E-state index is -3.83. The normalized spacial score (nSPS) is 11.9. The van der Waals surface area contributed by atoms with Crippen molar-refractivity contribution in [1.29, 1.82) is 0 Å². The second-order valence-electron chi connectivity index (χ2n) is 11.5. The molecule has 1 amide bonds. The number of carbonyl (C=O) groups is 1. The average molecular weight is 693 g/mol. The number of unbranched alkanes of at least 4 members (excludes halogenated alkanes) is 7. The smallest absolute Gasteiger partial charge is 0.289 e. The van der Waals surface area contributed by atoms with Crippen molar-refractivity contribution in [3.63, 3.8) is 0 Å². The van der Waals surface area contributed by atoms with Crippen molar-refractivity contribution in [3.05, 3.63) is 118 Å². The largest absolute Gasteiger partial charge is 0.489 e. The first-order valence-electron chi connectivity index (χ1n) is 16.2. The Bertz CT molecular complexity index is 1730. The maximum atomic E-state index is 13.4. The number of amides is 1. The quantitative estimate of drug-likeness (QED) is 0.0589. The fourth-order valence-electron chi connectivity index (χ4n) is 5.11. The number of anilines is 1. The number of halogens is 1. The van der Waals surface area contributed by atoms with E-state index in [-0.39, 0.29) is 26.2 Å². The second-order valence-corrected chi connectivity index (χ2v) is 13.9. The first kappa shape index (κ1) is 36.4. The fraction of sp³-hybridized carbons (Fsp3) is 0.324. The Morgan fingerprint density at radius 2 is 1.40 bits per heavy atom. The van der Waals surface area contributed by atoms with Crippen LogP contribution in [0.3, 0.4) is 0 Å². The molecule has 0 saturated heterocycles. The Kier molecular flexibility index (Phi) is 13.8. The van der Waals surface area contributed by atoms with Crippen LogP contribution < -0.4 is 14.8 Å². The molecule has 0 aromatic heterocycles. The van der Waals surface area contributed by atoms with E-state index in [0.29, 0.717) is 24.5 Å². The summed E-state index contributed by atoms with van der Waals surface area (Å²) in [7, 11) is -3.83. The zero-order chi connectivity index (χ0) is 34.4. The van der Waals surface area contributed by atoms with Crippen LogP contribution in [0.4, 0.5) is 11.4 Å². The highest BCUT2D eigenvalue weighted by Gasteiger charge is 2.23. The molecule has 0 heterocycles. The molecule has 0 fully saturated rings. The Labute approximate surface area is 287 Å². The molecule has 1 atom stereocenters. The van der Waals surface area contributed by atoms with Gasteiger partial charge in [0.15, 0.2) is 6.10 Å². The summed E-state index contributed by atoms with van der Waals surface area (Å²) in [4.78, 5) is 24.3. The molecule has 0 aliphatic carbocycles. The highest BCUT2D eigenvalue weighted by atomic mass is 35.5. The summed E-state index contributed by atoms with van der Waals surface area (Å²) in [5.41, 5.74) is 0.905. The van der Waals surface area contributed by atoms with Crippen molar-refractivity contribution in [2.75, 3.05) is 5.32 Å². The molecule has 48 heavy (non-hydrogen) atoms. The van der Waals surface area contributed by atoms with Gasteiger partial charge in [-0.1, -0.05) is 93.8 Å². The Morgan fingerprint density at radius 1 is 0.812 bits per heavy atom. The first-order chi connectivity index (χ1) is 23.2. The maximum Gasteiger partial charge on any atom is 0.289 e. The van der Waals surface area contributed by atoms with E-state index in [1.165, 1.54) is 80.3 Å². The molecule has 11 heteroatoms. The monoisotopic (exact) mass is 692 g/mol. The van der Waals surface area contributed by atoms with Gasteiger partial charge < -0.3 is 14.8 Å². The SMILES string of the molecule is CCCCCCCCCCC(Oc1ccc(S(=O)(=O)c2ccc(OCc3ccccc3)cc2)cc1)C(=O)Nc1ccc(Cl)c([N+](=O)[O-])c1. The van der Waals surface area contributed by atoms with E-state index in [1.807, 2.05) is 30.3 Å². The van der Waals surface area contributed by atoms with Crippen molar-refractivity contribution in [1.82, 2.24) is 0 Å². The van der Waals surface area contributed by atoms with Crippen LogP contribution in [-0.2, 0) is 21.2 Å². The van der Waals surface area contributed by atoms with Gasteiger partial charge in [-0.15, -0.1) is 0 Å². The lowest BCUT2D eigenvalue weighted by Gasteiger charge is -2.19. The van der Waals surface area contributed by atoms with E-state index in [4.69, 9.17) is 21.1 Å². The molecule has 0 radical (unpaired) electrons. The maximum absolute atomic E-state index is 13.4. The van der Waals surface area contributed by atoms with Gasteiger partial charge in [-0.25, -0.2) is 8.42 Å². The van der Waals surface area contributed by atoms with Crippen molar-refractivity contribution < 1.29 is 27.6 Å². The summed E-state index contributed by atoms with van der Waals surface area (Å²) >= 11 is 5.93. The summed E-state index contributed by atoms with van der Waals surface area (Å²) in [5.74, 6) is 0.400. The molecule has 0 saturated carbocycles. The molecular formula is C37H41ClN2O7S. The zero-order valence-electron chi connectivity index (χ0n) is 27.0.